The van der Waals surface area contributed by atoms with Crippen LogP contribution < -0.4 is 0 Å². The molecule has 0 amide bonds. The Hall–Kier alpha value is 0.829. The van der Waals surface area contributed by atoms with E-state index in [2.05, 4.69) is 11.4 Å². The molecular formula is C11H14BOSY-. The van der Waals surface area contributed by atoms with Crippen molar-refractivity contribution in [3.8, 4) is 0 Å². The second-order valence-electron chi connectivity index (χ2n) is 4.03. The predicted molar refractivity (Wildman–Crippen MR) is 59.6 cm³/mol. The Morgan fingerprint density at radius 2 is 2.33 bits per heavy atom. The Balaban J connectivity index is 0.00000112. The van der Waals surface area contributed by atoms with Crippen molar-refractivity contribution in [1.82, 2.24) is 0 Å². The van der Waals surface area contributed by atoms with Crippen LogP contribution in [0.1, 0.15) is 17.7 Å². The van der Waals surface area contributed by atoms with Crippen LogP contribution in [0.15, 0.2) is 12.1 Å². The first-order chi connectivity index (χ1) is 6.81. The maximum Gasteiger partial charge on any atom is 0.0658 e. The summed E-state index contributed by atoms with van der Waals surface area (Å²) in [6.07, 6.45) is 3.53. The van der Waals surface area contributed by atoms with Gasteiger partial charge in [0.05, 0.1) is 14.0 Å². The summed E-state index contributed by atoms with van der Waals surface area (Å²) in [5, 5.41) is 12.8. The Morgan fingerprint density at radius 3 is 2.93 bits per heavy atom. The fourth-order valence-corrected chi connectivity index (χ4v) is 3.09. The third-order valence-corrected chi connectivity index (χ3v) is 4.01. The van der Waals surface area contributed by atoms with Gasteiger partial charge in [-0.25, -0.2) is 6.07 Å². The molecule has 3 unspecified atom stereocenters. The normalized spacial score (nSPS) is 30.1. The summed E-state index contributed by atoms with van der Waals surface area (Å²) in [6.45, 7) is 0. The van der Waals surface area contributed by atoms with Gasteiger partial charge in [-0.05, 0) is 24.7 Å². The van der Waals surface area contributed by atoms with Crippen molar-refractivity contribution in [1.29, 1.82) is 0 Å². The molecule has 15 heavy (non-hydrogen) atoms. The molecule has 0 aliphatic heterocycles. The zero-order chi connectivity index (χ0) is 9.97. The van der Waals surface area contributed by atoms with Gasteiger partial charge in [0.1, 0.15) is 0 Å². The smallest absolute Gasteiger partial charge is 0.0658 e. The maximum atomic E-state index is 9.70. The largest absolute Gasteiger partial charge is 0.393 e. The number of hydrogen-bond donors (Lipinski definition) is 1. The topological polar surface area (TPSA) is 20.2 Å². The Kier molecular flexibility index (Phi) is 6.05. The standard InChI is InChI=1S/C11H14BOS.Y/c12-7-10-8(3-4-11(10)13)6-9-2-1-5-14-9;/h1-2,8,10-11,13H,3-4,6-7H2;/q-1;. The molecule has 1 aliphatic carbocycles. The van der Waals surface area contributed by atoms with E-state index in [-0.39, 0.29) is 38.8 Å². The van der Waals surface area contributed by atoms with Crippen LogP contribution in [-0.2, 0) is 39.1 Å². The van der Waals surface area contributed by atoms with Crippen molar-refractivity contribution in [2.45, 2.75) is 31.7 Å². The summed E-state index contributed by atoms with van der Waals surface area (Å²) in [5.41, 5.74) is 0. The molecule has 2 rings (SSSR count). The monoisotopic (exact) mass is 294 g/mol. The zero-order valence-electron chi connectivity index (χ0n) is 8.73. The van der Waals surface area contributed by atoms with Crippen LogP contribution in [-0.4, -0.2) is 19.1 Å². The van der Waals surface area contributed by atoms with E-state index < -0.39 is 0 Å². The van der Waals surface area contributed by atoms with Crippen LogP contribution >= 0.6 is 11.3 Å². The molecule has 3 radical (unpaired) electrons. The molecule has 77 valence electrons. The summed E-state index contributed by atoms with van der Waals surface area (Å²) < 4.78 is 0. The van der Waals surface area contributed by atoms with E-state index in [4.69, 9.17) is 7.85 Å². The molecule has 0 bridgehead atoms. The van der Waals surface area contributed by atoms with Gasteiger partial charge in [0.25, 0.3) is 0 Å². The van der Waals surface area contributed by atoms with E-state index in [0.717, 1.165) is 19.3 Å². The van der Waals surface area contributed by atoms with E-state index in [0.29, 0.717) is 18.2 Å². The molecule has 0 saturated heterocycles. The average molecular weight is 294 g/mol. The summed E-state index contributed by atoms with van der Waals surface area (Å²) in [6, 6.07) is 4.08. The van der Waals surface area contributed by atoms with E-state index in [1.54, 1.807) is 11.3 Å². The molecular weight excluding hydrogens is 280 g/mol. The molecule has 1 N–H and O–H groups in total. The van der Waals surface area contributed by atoms with Crippen LogP contribution in [0.25, 0.3) is 0 Å². The van der Waals surface area contributed by atoms with Crippen molar-refractivity contribution in [2.24, 2.45) is 11.8 Å². The Labute approximate surface area is 122 Å². The molecule has 0 aromatic carbocycles. The molecule has 1 nitrogen and oxygen atoms in total. The minimum absolute atomic E-state index is 0. The van der Waals surface area contributed by atoms with E-state index in [1.807, 2.05) is 6.07 Å². The van der Waals surface area contributed by atoms with Crippen LogP contribution in [0.4, 0.5) is 0 Å². The van der Waals surface area contributed by atoms with Gasteiger partial charge in [-0.2, -0.15) is 6.07 Å². The van der Waals surface area contributed by atoms with E-state index >= 15 is 0 Å². The summed E-state index contributed by atoms with van der Waals surface area (Å²) >= 11 is 1.68. The molecule has 1 heterocycles. The van der Waals surface area contributed by atoms with Gasteiger partial charge in [0.15, 0.2) is 0 Å². The Morgan fingerprint density at radius 1 is 1.53 bits per heavy atom. The zero-order valence-corrected chi connectivity index (χ0v) is 12.4. The minimum atomic E-state index is -0.172. The van der Waals surface area contributed by atoms with Crippen molar-refractivity contribution in [3.63, 3.8) is 0 Å². The van der Waals surface area contributed by atoms with Crippen LogP contribution in [0.3, 0.4) is 0 Å². The fourth-order valence-electron chi connectivity index (χ4n) is 2.37. The minimum Gasteiger partial charge on any atom is -0.393 e. The first-order valence-electron chi connectivity index (χ1n) is 5.14. The van der Waals surface area contributed by atoms with Gasteiger partial charge in [-0.3, -0.25) is 0 Å². The number of aliphatic hydroxyl groups is 1. The van der Waals surface area contributed by atoms with Gasteiger partial charge in [0, 0.05) is 32.7 Å². The van der Waals surface area contributed by atoms with Gasteiger partial charge < -0.3 is 16.4 Å². The fraction of sp³-hybridized carbons (Fsp3) is 0.636. The molecule has 1 aliphatic rings. The quantitative estimate of drug-likeness (QED) is 0.668. The second-order valence-corrected chi connectivity index (χ2v) is 4.99. The predicted octanol–water partition coefficient (Wildman–Crippen LogP) is 2.06. The van der Waals surface area contributed by atoms with Crippen molar-refractivity contribution < 1.29 is 37.8 Å². The average Bonchev–Trinajstić information content (AvgIpc) is 2.77. The first kappa shape index (κ1) is 13.9. The third-order valence-electron chi connectivity index (χ3n) is 3.20. The van der Waals surface area contributed by atoms with Crippen LogP contribution in [0.5, 0.6) is 0 Å². The molecule has 1 saturated carbocycles. The maximum absolute atomic E-state index is 9.70. The number of aliphatic hydroxyl groups excluding tert-OH is 1. The molecule has 4 heteroatoms. The molecule has 1 aromatic rings. The SMILES string of the molecule is [B]CC1C(O)CCC1Cc1cc[c-]s1.[Y]. The van der Waals surface area contributed by atoms with Crippen molar-refractivity contribution in [3.05, 3.63) is 22.4 Å². The Bertz CT molecular complexity index is 278. The van der Waals surface area contributed by atoms with E-state index in [1.165, 1.54) is 4.88 Å². The summed E-state index contributed by atoms with van der Waals surface area (Å²) in [5.74, 6) is 0.874. The van der Waals surface area contributed by atoms with Crippen molar-refractivity contribution >= 4 is 19.2 Å². The number of rotatable bonds is 3. The van der Waals surface area contributed by atoms with Crippen molar-refractivity contribution in [2.75, 3.05) is 0 Å². The molecule has 0 spiro atoms. The third kappa shape index (κ3) is 3.39. The first-order valence-corrected chi connectivity index (χ1v) is 5.96. The number of thiophene rings is 1. The van der Waals surface area contributed by atoms with Crippen LogP contribution in [0.2, 0.25) is 6.32 Å². The second kappa shape index (κ2) is 6.54. The molecule has 1 fully saturated rings. The van der Waals surface area contributed by atoms with E-state index in [9.17, 15) is 5.11 Å². The van der Waals surface area contributed by atoms with Gasteiger partial charge in [-0.15, -0.1) is 10.3 Å². The van der Waals surface area contributed by atoms with Crippen LogP contribution in [0, 0.1) is 17.2 Å². The van der Waals surface area contributed by atoms with Gasteiger partial charge in [0.2, 0.25) is 0 Å². The molecule has 3 atom stereocenters. The van der Waals surface area contributed by atoms with Gasteiger partial charge >= 0.3 is 0 Å². The summed E-state index contributed by atoms with van der Waals surface area (Å²) in [7, 11) is 5.68. The number of hydrogen-bond acceptors (Lipinski definition) is 2. The van der Waals surface area contributed by atoms with Gasteiger partial charge in [-0.1, -0.05) is 12.7 Å². The summed E-state index contributed by atoms with van der Waals surface area (Å²) in [4.78, 5) is 1.36. The molecule has 1 aromatic heterocycles.